The van der Waals surface area contributed by atoms with Crippen LogP contribution in [0.2, 0.25) is 0 Å². The van der Waals surface area contributed by atoms with Crippen molar-refractivity contribution < 1.29 is 4.74 Å². The van der Waals surface area contributed by atoms with Crippen molar-refractivity contribution in [3.63, 3.8) is 0 Å². The van der Waals surface area contributed by atoms with E-state index in [0.29, 0.717) is 0 Å². The zero-order valence-electron chi connectivity index (χ0n) is 11.8. The van der Waals surface area contributed by atoms with Crippen molar-refractivity contribution in [3.8, 4) is 5.75 Å². The van der Waals surface area contributed by atoms with Crippen molar-refractivity contribution >= 4 is 43.2 Å². The lowest BCUT2D eigenvalue weighted by Gasteiger charge is -2.14. The highest BCUT2D eigenvalue weighted by molar-refractivity contribution is 9.10. The fourth-order valence-corrected chi connectivity index (χ4v) is 3.65. The maximum absolute atomic E-state index is 5.24. The van der Waals surface area contributed by atoms with E-state index in [1.807, 2.05) is 36.4 Å². The lowest BCUT2D eigenvalue weighted by atomic mass is 10.2. The number of para-hydroxylation sites is 1. The number of benzene rings is 2. The molecule has 1 heterocycles. The van der Waals surface area contributed by atoms with E-state index in [1.54, 1.807) is 18.4 Å². The van der Waals surface area contributed by atoms with Gasteiger partial charge >= 0.3 is 0 Å². The monoisotopic (exact) mass is 362 g/mol. The molecule has 1 unspecified atom stereocenters. The fourth-order valence-electron chi connectivity index (χ4n) is 2.14. The molecule has 0 aliphatic carbocycles. The molecule has 21 heavy (non-hydrogen) atoms. The summed E-state index contributed by atoms with van der Waals surface area (Å²) in [6.45, 7) is 2.12. The molecule has 0 bridgehead atoms. The quantitative estimate of drug-likeness (QED) is 0.688. The Kier molecular flexibility index (Phi) is 4.12. The number of hydrogen-bond donors (Lipinski definition) is 1. The van der Waals surface area contributed by atoms with E-state index < -0.39 is 0 Å². The van der Waals surface area contributed by atoms with E-state index in [1.165, 1.54) is 4.70 Å². The zero-order chi connectivity index (χ0) is 14.8. The van der Waals surface area contributed by atoms with Gasteiger partial charge in [-0.05, 0) is 53.2 Å². The van der Waals surface area contributed by atoms with Gasteiger partial charge in [-0.25, -0.2) is 4.98 Å². The fraction of sp³-hybridized carbons (Fsp3) is 0.188. The lowest BCUT2D eigenvalue weighted by Crippen LogP contribution is -2.06. The van der Waals surface area contributed by atoms with Gasteiger partial charge in [-0.2, -0.15) is 0 Å². The van der Waals surface area contributed by atoms with E-state index in [0.717, 1.165) is 26.4 Å². The van der Waals surface area contributed by atoms with Gasteiger partial charge in [-0.3, -0.25) is 0 Å². The Bertz CT molecular complexity index is 739. The van der Waals surface area contributed by atoms with Gasteiger partial charge in [0.2, 0.25) is 0 Å². The molecule has 0 spiro atoms. The van der Waals surface area contributed by atoms with Gasteiger partial charge in [-0.15, -0.1) is 11.3 Å². The van der Waals surface area contributed by atoms with Crippen LogP contribution in [-0.4, -0.2) is 12.1 Å². The van der Waals surface area contributed by atoms with Gasteiger partial charge in [0.15, 0.2) is 0 Å². The Morgan fingerprint density at radius 3 is 2.76 bits per heavy atom. The van der Waals surface area contributed by atoms with Gasteiger partial charge in [0, 0.05) is 5.69 Å². The van der Waals surface area contributed by atoms with E-state index in [4.69, 9.17) is 4.74 Å². The van der Waals surface area contributed by atoms with Crippen LogP contribution in [0.4, 0.5) is 5.69 Å². The largest absolute Gasteiger partial charge is 0.496 e. The highest BCUT2D eigenvalue weighted by atomic mass is 79.9. The molecule has 5 heteroatoms. The first-order chi connectivity index (χ1) is 10.2. The van der Waals surface area contributed by atoms with Crippen LogP contribution in [0.25, 0.3) is 10.2 Å². The maximum Gasteiger partial charge on any atom is 0.133 e. The second kappa shape index (κ2) is 6.03. The molecular weight excluding hydrogens is 348 g/mol. The van der Waals surface area contributed by atoms with E-state index >= 15 is 0 Å². The van der Waals surface area contributed by atoms with Crippen molar-refractivity contribution in [1.82, 2.24) is 4.98 Å². The molecule has 0 fully saturated rings. The highest BCUT2D eigenvalue weighted by Crippen LogP contribution is 2.31. The molecule has 0 aliphatic rings. The third-order valence-corrected chi connectivity index (χ3v) is 5.05. The number of ether oxygens (including phenoxy) is 1. The first-order valence-corrected chi connectivity index (χ1v) is 8.24. The minimum Gasteiger partial charge on any atom is -0.496 e. The lowest BCUT2D eigenvalue weighted by molar-refractivity contribution is 0.412. The molecule has 1 N–H and O–H groups in total. The molecular formula is C16H15BrN2OS. The van der Waals surface area contributed by atoms with Crippen LogP contribution in [0.1, 0.15) is 18.0 Å². The standard InChI is InChI=1S/C16H15BrN2OS/c1-10(16-19-13-5-3-4-6-15(13)21-16)18-11-7-8-14(20-2)12(17)9-11/h3-10,18H,1-2H3. The Morgan fingerprint density at radius 2 is 2.05 bits per heavy atom. The normalized spacial score (nSPS) is 12.3. The van der Waals surface area contributed by atoms with Gasteiger partial charge in [-0.1, -0.05) is 12.1 Å². The smallest absolute Gasteiger partial charge is 0.133 e. The SMILES string of the molecule is COc1ccc(NC(C)c2nc3ccccc3s2)cc1Br. The number of nitrogens with zero attached hydrogens (tertiary/aromatic N) is 1. The van der Waals surface area contributed by atoms with Crippen LogP contribution in [-0.2, 0) is 0 Å². The summed E-state index contributed by atoms with van der Waals surface area (Å²) in [6, 6.07) is 14.3. The summed E-state index contributed by atoms with van der Waals surface area (Å²) >= 11 is 5.23. The molecule has 0 saturated carbocycles. The van der Waals surface area contributed by atoms with E-state index in [9.17, 15) is 0 Å². The molecule has 0 aliphatic heterocycles. The number of anilines is 1. The highest BCUT2D eigenvalue weighted by Gasteiger charge is 2.12. The number of halogens is 1. The van der Waals surface area contributed by atoms with Crippen molar-refractivity contribution in [1.29, 1.82) is 0 Å². The molecule has 0 saturated heterocycles. The molecule has 0 radical (unpaired) electrons. The number of nitrogens with one attached hydrogen (secondary N) is 1. The molecule has 3 rings (SSSR count). The Morgan fingerprint density at radius 1 is 1.24 bits per heavy atom. The Hall–Kier alpha value is -1.59. The first-order valence-electron chi connectivity index (χ1n) is 6.63. The number of hydrogen-bond acceptors (Lipinski definition) is 4. The average Bonchev–Trinajstić information content (AvgIpc) is 2.91. The predicted molar refractivity (Wildman–Crippen MR) is 92.4 cm³/mol. The summed E-state index contributed by atoms with van der Waals surface area (Å²) in [5.41, 5.74) is 2.09. The van der Waals surface area contributed by atoms with Gasteiger partial charge < -0.3 is 10.1 Å². The Labute approximate surface area is 136 Å². The van der Waals surface area contributed by atoms with Crippen molar-refractivity contribution in [2.75, 3.05) is 12.4 Å². The van der Waals surface area contributed by atoms with Crippen LogP contribution in [0.3, 0.4) is 0 Å². The summed E-state index contributed by atoms with van der Waals surface area (Å²) in [6.07, 6.45) is 0. The summed E-state index contributed by atoms with van der Waals surface area (Å²) in [4.78, 5) is 4.68. The van der Waals surface area contributed by atoms with Crippen LogP contribution in [0.15, 0.2) is 46.9 Å². The molecule has 1 atom stereocenters. The zero-order valence-corrected chi connectivity index (χ0v) is 14.2. The second-order valence-corrected chi connectivity index (χ2v) is 6.65. The van der Waals surface area contributed by atoms with Crippen LogP contribution < -0.4 is 10.1 Å². The molecule has 2 aromatic carbocycles. The average molecular weight is 363 g/mol. The molecule has 3 aromatic rings. The minimum atomic E-state index is 0.155. The third kappa shape index (κ3) is 3.04. The molecule has 3 nitrogen and oxygen atoms in total. The molecule has 1 aromatic heterocycles. The van der Waals surface area contributed by atoms with Crippen molar-refractivity contribution in [3.05, 3.63) is 51.9 Å². The van der Waals surface area contributed by atoms with Crippen LogP contribution in [0, 0.1) is 0 Å². The molecule has 108 valence electrons. The summed E-state index contributed by atoms with van der Waals surface area (Å²) in [7, 11) is 1.66. The number of thiazole rings is 1. The number of rotatable bonds is 4. The first kappa shape index (κ1) is 14.4. The summed E-state index contributed by atoms with van der Waals surface area (Å²) in [5.74, 6) is 0.827. The topological polar surface area (TPSA) is 34.1 Å². The minimum absolute atomic E-state index is 0.155. The van der Waals surface area contributed by atoms with E-state index in [-0.39, 0.29) is 6.04 Å². The van der Waals surface area contributed by atoms with Crippen LogP contribution >= 0.6 is 27.3 Å². The Balaban J connectivity index is 1.82. The third-order valence-electron chi connectivity index (χ3n) is 3.22. The molecule has 0 amide bonds. The van der Waals surface area contributed by atoms with Gasteiger partial charge in [0.1, 0.15) is 10.8 Å². The maximum atomic E-state index is 5.24. The second-order valence-electron chi connectivity index (χ2n) is 4.74. The van der Waals surface area contributed by atoms with E-state index in [2.05, 4.69) is 39.2 Å². The number of aromatic nitrogens is 1. The summed E-state index contributed by atoms with van der Waals surface area (Å²) < 4.78 is 7.40. The number of methoxy groups -OCH3 is 1. The van der Waals surface area contributed by atoms with Crippen LogP contribution in [0.5, 0.6) is 5.75 Å². The summed E-state index contributed by atoms with van der Waals surface area (Å²) in [5, 5.41) is 4.56. The number of fused-ring (bicyclic) bond motifs is 1. The van der Waals surface area contributed by atoms with Crippen molar-refractivity contribution in [2.24, 2.45) is 0 Å². The predicted octanol–water partition coefficient (Wildman–Crippen LogP) is 5.24. The van der Waals surface area contributed by atoms with Crippen molar-refractivity contribution in [2.45, 2.75) is 13.0 Å². The van der Waals surface area contributed by atoms with Gasteiger partial charge in [0.25, 0.3) is 0 Å². The van der Waals surface area contributed by atoms with Gasteiger partial charge in [0.05, 0.1) is 27.8 Å².